The second-order valence-electron chi connectivity index (χ2n) is 4.98. The second-order valence-corrected chi connectivity index (χ2v) is 4.98. The van der Waals surface area contributed by atoms with Gasteiger partial charge in [0.15, 0.2) is 0 Å². The van der Waals surface area contributed by atoms with Crippen molar-refractivity contribution in [3.8, 4) is 5.75 Å². The predicted molar refractivity (Wildman–Crippen MR) is 80.8 cm³/mol. The van der Waals surface area contributed by atoms with E-state index in [0.717, 1.165) is 24.4 Å². The summed E-state index contributed by atoms with van der Waals surface area (Å²) in [5.41, 5.74) is 3.57. The van der Waals surface area contributed by atoms with Crippen LogP contribution in [0.15, 0.2) is 30.3 Å². The minimum atomic E-state index is 0.269. The molecule has 1 aromatic carbocycles. The van der Waals surface area contributed by atoms with Crippen LogP contribution < -0.4 is 10.1 Å². The topological polar surface area (TPSA) is 39.1 Å². The zero-order chi connectivity index (χ0) is 14.5. The van der Waals surface area contributed by atoms with Crippen LogP contribution in [0.5, 0.6) is 5.75 Å². The van der Waals surface area contributed by atoms with Gasteiger partial charge in [0.05, 0.1) is 18.5 Å². The van der Waals surface area contributed by atoms with Gasteiger partial charge < -0.3 is 10.1 Å². The first-order chi connectivity index (χ1) is 9.63. The number of hydrogen-bond acceptors (Lipinski definition) is 3. The Morgan fingerprint density at radius 2 is 2.15 bits per heavy atom. The van der Waals surface area contributed by atoms with Gasteiger partial charge in [0.25, 0.3) is 0 Å². The number of nitrogens with zero attached hydrogens (tertiary/aromatic N) is 2. The average Bonchev–Trinajstić information content (AvgIpc) is 2.85. The van der Waals surface area contributed by atoms with Crippen molar-refractivity contribution in [3.05, 3.63) is 47.3 Å². The molecule has 1 atom stereocenters. The van der Waals surface area contributed by atoms with Gasteiger partial charge in [0, 0.05) is 19.6 Å². The van der Waals surface area contributed by atoms with Gasteiger partial charge in [-0.2, -0.15) is 5.10 Å². The van der Waals surface area contributed by atoms with E-state index in [2.05, 4.69) is 42.5 Å². The number of nitrogens with one attached hydrogen (secondary N) is 1. The second kappa shape index (κ2) is 6.57. The SMILES string of the molecule is CCc1cc(CN[C@@H](C)c2cccc(OC)c2)n(C)n1. The maximum Gasteiger partial charge on any atom is 0.119 e. The lowest BCUT2D eigenvalue weighted by Gasteiger charge is -2.15. The van der Waals surface area contributed by atoms with Gasteiger partial charge in [-0.25, -0.2) is 0 Å². The van der Waals surface area contributed by atoms with Crippen LogP contribution in [-0.4, -0.2) is 16.9 Å². The summed E-state index contributed by atoms with van der Waals surface area (Å²) in [7, 11) is 3.69. The molecular weight excluding hydrogens is 250 g/mol. The molecule has 2 rings (SSSR count). The molecule has 0 saturated carbocycles. The largest absolute Gasteiger partial charge is 0.497 e. The van der Waals surface area contributed by atoms with Gasteiger partial charge in [-0.15, -0.1) is 0 Å². The van der Waals surface area contributed by atoms with Crippen molar-refractivity contribution in [2.75, 3.05) is 7.11 Å². The monoisotopic (exact) mass is 273 g/mol. The van der Waals surface area contributed by atoms with Crippen LogP contribution in [0.3, 0.4) is 0 Å². The molecule has 2 aromatic rings. The first-order valence-electron chi connectivity index (χ1n) is 7.03. The highest BCUT2D eigenvalue weighted by atomic mass is 16.5. The number of aryl methyl sites for hydroxylation is 2. The molecule has 0 amide bonds. The molecule has 0 bridgehead atoms. The van der Waals surface area contributed by atoms with Gasteiger partial charge in [0.2, 0.25) is 0 Å². The zero-order valence-electron chi connectivity index (χ0n) is 12.7. The third kappa shape index (κ3) is 3.39. The average molecular weight is 273 g/mol. The molecule has 108 valence electrons. The van der Waals surface area contributed by atoms with Crippen molar-refractivity contribution in [1.82, 2.24) is 15.1 Å². The Morgan fingerprint density at radius 1 is 1.35 bits per heavy atom. The van der Waals surface area contributed by atoms with Crippen molar-refractivity contribution in [3.63, 3.8) is 0 Å². The van der Waals surface area contributed by atoms with Crippen molar-refractivity contribution in [2.45, 2.75) is 32.9 Å². The first-order valence-corrected chi connectivity index (χ1v) is 7.03. The third-order valence-corrected chi connectivity index (χ3v) is 3.57. The Balaban J connectivity index is 2.00. The number of rotatable bonds is 6. The first kappa shape index (κ1) is 14.6. The van der Waals surface area contributed by atoms with E-state index in [0.29, 0.717) is 0 Å². The van der Waals surface area contributed by atoms with E-state index in [4.69, 9.17) is 4.74 Å². The van der Waals surface area contributed by atoms with E-state index in [1.807, 2.05) is 23.9 Å². The van der Waals surface area contributed by atoms with Crippen molar-refractivity contribution >= 4 is 0 Å². The maximum absolute atomic E-state index is 5.26. The number of hydrogen-bond donors (Lipinski definition) is 1. The fourth-order valence-corrected chi connectivity index (χ4v) is 2.20. The Morgan fingerprint density at radius 3 is 2.80 bits per heavy atom. The molecule has 0 aliphatic heterocycles. The number of aromatic nitrogens is 2. The van der Waals surface area contributed by atoms with E-state index >= 15 is 0 Å². The Labute approximate surface area is 120 Å². The normalized spacial score (nSPS) is 12.4. The maximum atomic E-state index is 5.26. The highest BCUT2D eigenvalue weighted by Crippen LogP contribution is 2.19. The smallest absolute Gasteiger partial charge is 0.119 e. The molecule has 0 unspecified atom stereocenters. The fraction of sp³-hybridized carbons (Fsp3) is 0.438. The molecule has 1 aromatic heterocycles. The Hall–Kier alpha value is -1.81. The summed E-state index contributed by atoms with van der Waals surface area (Å²) in [6, 6.07) is 10.6. The molecule has 0 aliphatic rings. The van der Waals surface area contributed by atoms with E-state index in [-0.39, 0.29) is 6.04 Å². The summed E-state index contributed by atoms with van der Waals surface area (Å²) in [5.74, 6) is 0.893. The van der Waals surface area contributed by atoms with E-state index in [1.54, 1.807) is 7.11 Å². The highest BCUT2D eigenvalue weighted by Gasteiger charge is 2.08. The van der Waals surface area contributed by atoms with Crippen LogP contribution >= 0.6 is 0 Å². The molecule has 0 saturated heterocycles. The van der Waals surface area contributed by atoms with Crippen LogP contribution in [0, 0.1) is 0 Å². The third-order valence-electron chi connectivity index (χ3n) is 3.57. The molecule has 1 N–H and O–H groups in total. The summed E-state index contributed by atoms with van der Waals surface area (Å²) in [5, 5.41) is 7.99. The minimum Gasteiger partial charge on any atom is -0.497 e. The standard InChI is InChI=1S/C16H23N3O/c1-5-14-10-15(19(3)18-14)11-17-12(2)13-7-6-8-16(9-13)20-4/h6-10,12,17H,5,11H2,1-4H3/t12-/m0/s1. The highest BCUT2D eigenvalue weighted by molar-refractivity contribution is 5.30. The van der Waals surface area contributed by atoms with Crippen molar-refractivity contribution in [2.24, 2.45) is 7.05 Å². The van der Waals surface area contributed by atoms with Crippen LogP contribution in [0.4, 0.5) is 0 Å². The van der Waals surface area contributed by atoms with Crippen molar-refractivity contribution in [1.29, 1.82) is 0 Å². The van der Waals surface area contributed by atoms with Crippen molar-refractivity contribution < 1.29 is 4.74 Å². The summed E-state index contributed by atoms with van der Waals surface area (Å²) in [6.45, 7) is 5.09. The van der Waals surface area contributed by atoms with Crippen LogP contribution in [0.2, 0.25) is 0 Å². The quantitative estimate of drug-likeness (QED) is 0.879. The minimum absolute atomic E-state index is 0.269. The number of benzene rings is 1. The number of ether oxygens (including phenoxy) is 1. The van der Waals surface area contributed by atoms with Crippen LogP contribution in [-0.2, 0) is 20.0 Å². The summed E-state index contributed by atoms with van der Waals surface area (Å²) >= 11 is 0. The molecule has 0 fully saturated rings. The fourth-order valence-electron chi connectivity index (χ4n) is 2.20. The number of methoxy groups -OCH3 is 1. The van der Waals surface area contributed by atoms with E-state index in [9.17, 15) is 0 Å². The lowest BCUT2D eigenvalue weighted by atomic mass is 10.1. The molecule has 0 aliphatic carbocycles. The Kier molecular flexibility index (Phi) is 4.79. The molecule has 20 heavy (non-hydrogen) atoms. The summed E-state index contributed by atoms with van der Waals surface area (Å²) in [6.07, 6.45) is 0.972. The van der Waals surface area contributed by atoms with Gasteiger partial charge in [-0.05, 0) is 37.1 Å². The zero-order valence-corrected chi connectivity index (χ0v) is 12.7. The van der Waals surface area contributed by atoms with Gasteiger partial charge in [-0.3, -0.25) is 4.68 Å². The van der Waals surface area contributed by atoms with Crippen LogP contribution in [0.1, 0.15) is 36.8 Å². The lowest BCUT2D eigenvalue weighted by Crippen LogP contribution is -2.19. The van der Waals surface area contributed by atoms with Gasteiger partial charge >= 0.3 is 0 Å². The lowest BCUT2D eigenvalue weighted by molar-refractivity contribution is 0.413. The molecular formula is C16H23N3O. The Bertz CT molecular complexity index is 563. The summed E-state index contributed by atoms with van der Waals surface area (Å²) < 4.78 is 7.21. The van der Waals surface area contributed by atoms with Crippen LogP contribution in [0.25, 0.3) is 0 Å². The van der Waals surface area contributed by atoms with E-state index in [1.165, 1.54) is 11.3 Å². The molecule has 4 heteroatoms. The predicted octanol–water partition coefficient (Wildman–Crippen LogP) is 2.84. The molecule has 0 radical (unpaired) electrons. The molecule has 4 nitrogen and oxygen atoms in total. The van der Waals surface area contributed by atoms with Gasteiger partial charge in [-0.1, -0.05) is 19.1 Å². The van der Waals surface area contributed by atoms with E-state index < -0.39 is 0 Å². The summed E-state index contributed by atoms with van der Waals surface area (Å²) in [4.78, 5) is 0. The van der Waals surface area contributed by atoms with Gasteiger partial charge in [0.1, 0.15) is 5.75 Å². The molecule has 0 spiro atoms. The molecule has 1 heterocycles.